The Hall–Kier alpha value is -2.58. The number of nitrogens with zero attached hydrogens (tertiary/aromatic N) is 2. The van der Waals surface area contributed by atoms with Crippen LogP contribution in [0.1, 0.15) is 32.0 Å². The third kappa shape index (κ3) is 4.49. The van der Waals surface area contributed by atoms with Gasteiger partial charge in [-0.15, -0.1) is 0 Å². The number of carboxylic acid groups (broad SMARTS) is 1. The van der Waals surface area contributed by atoms with Crippen LogP contribution in [0.4, 0.5) is 13.2 Å². The minimum absolute atomic E-state index is 0.114. The van der Waals surface area contributed by atoms with Crippen molar-refractivity contribution in [3.8, 4) is 0 Å². The zero-order chi connectivity index (χ0) is 18.6. The predicted octanol–water partition coefficient (Wildman–Crippen LogP) is 2.81. The van der Waals surface area contributed by atoms with Crippen molar-refractivity contribution in [2.24, 2.45) is 0 Å². The van der Waals surface area contributed by atoms with Gasteiger partial charge < -0.3 is 15.0 Å². The lowest BCUT2D eigenvalue weighted by molar-refractivity contribution is -0.148. The van der Waals surface area contributed by atoms with Gasteiger partial charge in [0, 0.05) is 0 Å². The van der Waals surface area contributed by atoms with E-state index in [1.54, 1.807) is 12.1 Å². The lowest BCUT2D eigenvalue weighted by atomic mass is 10.1. The van der Waals surface area contributed by atoms with Crippen molar-refractivity contribution in [1.29, 1.82) is 0 Å². The van der Waals surface area contributed by atoms with Crippen molar-refractivity contribution in [3.05, 3.63) is 30.1 Å². The van der Waals surface area contributed by atoms with Gasteiger partial charge in [-0.1, -0.05) is 31.9 Å². The number of halogens is 3. The average Bonchev–Trinajstić information content (AvgIpc) is 2.90. The molecule has 0 saturated carbocycles. The molecule has 0 unspecified atom stereocenters. The van der Waals surface area contributed by atoms with Crippen LogP contribution < -0.4 is 5.32 Å². The van der Waals surface area contributed by atoms with E-state index in [0.29, 0.717) is 6.42 Å². The number of alkyl halides is 3. The molecule has 2 aromatic rings. The summed E-state index contributed by atoms with van der Waals surface area (Å²) >= 11 is 0. The molecule has 1 aromatic carbocycles. The molecular formula is C16H18F3N3O3. The highest BCUT2D eigenvalue weighted by molar-refractivity contribution is 5.85. The van der Waals surface area contributed by atoms with Crippen molar-refractivity contribution < 1.29 is 27.9 Å². The Balaban J connectivity index is 2.26. The van der Waals surface area contributed by atoms with E-state index in [4.69, 9.17) is 5.11 Å². The summed E-state index contributed by atoms with van der Waals surface area (Å²) in [6, 6.07) is 4.80. The maximum atomic E-state index is 13.2. The number of rotatable bonds is 7. The number of imidazole rings is 1. The molecule has 0 bridgehead atoms. The first kappa shape index (κ1) is 18.8. The van der Waals surface area contributed by atoms with Gasteiger partial charge in [-0.2, -0.15) is 13.2 Å². The summed E-state index contributed by atoms with van der Waals surface area (Å²) in [6.45, 7) is 1.21. The van der Waals surface area contributed by atoms with Crippen LogP contribution in [0, 0.1) is 0 Å². The second kappa shape index (κ2) is 7.54. The molecule has 6 nitrogen and oxygen atoms in total. The molecule has 1 aromatic heterocycles. The molecule has 0 aliphatic heterocycles. The maximum absolute atomic E-state index is 13.2. The van der Waals surface area contributed by atoms with E-state index in [1.165, 1.54) is 12.1 Å². The number of carboxylic acids is 1. The van der Waals surface area contributed by atoms with Gasteiger partial charge in [-0.3, -0.25) is 4.79 Å². The fourth-order valence-corrected chi connectivity index (χ4v) is 2.50. The lowest BCUT2D eigenvalue weighted by Gasteiger charge is -2.16. The molecule has 25 heavy (non-hydrogen) atoms. The van der Waals surface area contributed by atoms with Crippen molar-refractivity contribution >= 4 is 22.9 Å². The third-order valence-corrected chi connectivity index (χ3v) is 3.69. The standard InChI is InChI=1S/C16H18F3N3O3/c1-2-3-6-11(14(24)25)20-13(23)9-22-12-8-5-4-7-10(12)21-15(22)16(17,18)19/h4-5,7-8,11H,2-3,6,9H2,1H3,(H,20,23)(H,24,25)/t11-/m0/s1. The molecule has 0 fully saturated rings. The number of hydrogen-bond acceptors (Lipinski definition) is 3. The fraction of sp³-hybridized carbons (Fsp3) is 0.438. The van der Waals surface area contributed by atoms with Crippen molar-refractivity contribution in [2.75, 3.05) is 0 Å². The number of fused-ring (bicyclic) bond motifs is 1. The van der Waals surface area contributed by atoms with Crippen LogP contribution in [0.3, 0.4) is 0 Å². The highest BCUT2D eigenvalue weighted by Crippen LogP contribution is 2.31. The largest absolute Gasteiger partial charge is 0.480 e. The maximum Gasteiger partial charge on any atom is 0.449 e. The number of benzene rings is 1. The average molecular weight is 357 g/mol. The summed E-state index contributed by atoms with van der Waals surface area (Å²) in [5.74, 6) is -3.21. The number of aromatic nitrogens is 2. The van der Waals surface area contributed by atoms with Gasteiger partial charge in [0.1, 0.15) is 12.6 Å². The first-order valence-corrected chi connectivity index (χ1v) is 7.78. The number of amides is 1. The Morgan fingerprint density at radius 1 is 1.32 bits per heavy atom. The van der Waals surface area contributed by atoms with E-state index < -0.39 is 36.5 Å². The van der Waals surface area contributed by atoms with E-state index in [1.807, 2.05) is 6.92 Å². The summed E-state index contributed by atoms with van der Waals surface area (Å²) in [6.07, 6.45) is -3.19. The number of carbonyl (C=O) groups excluding carboxylic acids is 1. The first-order chi connectivity index (χ1) is 11.7. The summed E-state index contributed by atoms with van der Waals surface area (Å²) in [5.41, 5.74) is 0.272. The van der Waals surface area contributed by atoms with E-state index >= 15 is 0 Å². The minimum Gasteiger partial charge on any atom is -0.480 e. The third-order valence-electron chi connectivity index (χ3n) is 3.69. The van der Waals surface area contributed by atoms with Crippen LogP contribution >= 0.6 is 0 Å². The molecule has 0 saturated heterocycles. The second-order valence-electron chi connectivity index (χ2n) is 5.61. The Kier molecular flexibility index (Phi) is 5.66. The van der Waals surface area contributed by atoms with Crippen molar-refractivity contribution in [1.82, 2.24) is 14.9 Å². The summed E-state index contributed by atoms with van der Waals surface area (Å²) < 4.78 is 40.3. The molecule has 9 heteroatoms. The molecular weight excluding hydrogens is 339 g/mol. The Morgan fingerprint density at radius 2 is 2.00 bits per heavy atom. The molecule has 1 amide bonds. The molecule has 0 aliphatic rings. The Morgan fingerprint density at radius 3 is 2.60 bits per heavy atom. The minimum atomic E-state index is -4.73. The molecule has 0 radical (unpaired) electrons. The monoisotopic (exact) mass is 357 g/mol. The van der Waals surface area contributed by atoms with Crippen LogP contribution in [-0.2, 0) is 22.3 Å². The SMILES string of the molecule is CCCC[C@H](NC(=O)Cn1c(C(F)(F)F)nc2ccccc21)C(=O)O. The number of para-hydroxylation sites is 2. The highest BCUT2D eigenvalue weighted by Gasteiger charge is 2.38. The van der Waals surface area contributed by atoms with Gasteiger partial charge in [0.25, 0.3) is 0 Å². The molecule has 136 valence electrons. The van der Waals surface area contributed by atoms with Gasteiger partial charge in [0.05, 0.1) is 11.0 Å². The fourth-order valence-electron chi connectivity index (χ4n) is 2.50. The van der Waals surface area contributed by atoms with Crippen molar-refractivity contribution in [2.45, 2.75) is 44.9 Å². The van der Waals surface area contributed by atoms with E-state index in [2.05, 4.69) is 10.3 Å². The number of unbranched alkanes of at least 4 members (excludes halogenated alkanes) is 1. The van der Waals surface area contributed by atoms with Crippen LogP contribution in [0.5, 0.6) is 0 Å². The van der Waals surface area contributed by atoms with Crippen LogP contribution in [0.15, 0.2) is 24.3 Å². The summed E-state index contributed by atoms with van der Waals surface area (Å²) in [4.78, 5) is 26.8. The predicted molar refractivity (Wildman–Crippen MR) is 83.8 cm³/mol. The first-order valence-electron chi connectivity index (χ1n) is 7.78. The smallest absolute Gasteiger partial charge is 0.449 e. The Bertz CT molecular complexity index is 771. The molecule has 1 atom stereocenters. The number of nitrogens with one attached hydrogen (secondary N) is 1. The van der Waals surface area contributed by atoms with Gasteiger partial charge in [-0.25, -0.2) is 9.78 Å². The van der Waals surface area contributed by atoms with E-state index in [0.717, 1.165) is 11.0 Å². The normalized spacial score (nSPS) is 13.0. The molecule has 0 aliphatic carbocycles. The zero-order valence-corrected chi connectivity index (χ0v) is 13.5. The lowest BCUT2D eigenvalue weighted by Crippen LogP contribution is -2.42. The summed E-state index contributed by atoms with van der Waals surface area (Å²) in [5, 5.41) is 11.4. The quantitative estimate of drug-likeness (QED) is 0.798. The van der Waals surface area contributed by atoms with Crippen LogP contribution in [0.2, 0.25) is 0 Å². The number of carbonyl (C=O) groups is 2. The summed E-state index contributed by atoms with van der Waals surface area (Å²) in [7, 11) is 0. The molecule has 2 rings (SSSR count). The number of hydrogen-bond donors (Lipinski definition) is 2. The van der Waals surface area contributed by atoms with Crippen LogP contribution in [-0.4, -0.2) is 32.6 Å². The topological polar surface area (TPSA) is 84.2 Å². The number of aliphatic carboxylic acids is 1. The molecule has 2 N–H and O–H groups in total. The van der Waals surface area contributed by atoms with Gasteiger partial charge in [0.2, 0.25) is 11.7 Å². The van der Waals surface area contributed by atoms with E-state index in [9.17, 15) is 22.8 Å². The Labute approximate surface area is 141 Å². The molecule has 1 heterocycles. The second-order valence-corrected chi connectivity index (χ2v) is 5.61. The van der Waals surface area contributed by atoms with Crippen molar-refractivity contribution in [3.63, 3.8) is 0 Å². The zero-order valence-electron chi connectivity index (χ0n) is 13.5. The van der Waals surface area contributed by atoms with Crippen LogP contribution in [0.25, 0.3) is 11.0 Å². The van der Waals surface area contributed by atoms with E-state index in [-0.39, 0.29) is 17.5 Å². The van der Waals surface area contributed by atoms with Gasteiger partial charge >= 0.3 is 12.1 Å². The van der Waals surface area contributed by atoms with Gasteiger partial charge in [0.15, 0.2) is 0 Å². The molecule has 0 spiro atoms. The van der Waals surface area contributed by atoms with Gasteiger partial charge in [-0.05, 0) is 18.6 Å². The highest BCUT2D eigenvalue weighted by atomic mass is 19.4.